The van der Waals surface area contributed by atoms with Crippen molar-refractivity contribution in [3.8, 4) is 11.4 Å². The number of nitrogens with zero attached hydrogens (tertiary/aromatic N) is 3. The van der Waals surface area contributed by atoms with Crippen LogP contribution in [0.3, 0.4) is 0 Å². The van der Waals surface area contributed by atoms with Gasteiger partial charge in [0.25, 0.3) is 0 Å². The van der Waals surface area contributed by atoms with Gasteiger partial charge in [0, 0.05) is 31.8 Å². The predicted octanol–water partition coefficient (Wildman–Crippen LogP) is 3.16. The van der Waals surface area contributed by atoms with Crippen molar-refractivity contribution in [1.29, 1.82) is 0 Å². The van der Waals surface area contributed by atoms with Crippen LogP contribution in [0.4, 0.5) is 13.2 Å². The minimum atomic E-state index is -4.54. The number of hydrogen-bond acceptors (Lipinski definition) is 4. The average Bonchev–Trinajstić information content (AvgIpc) is 2.58. The molecule has 6 nitrogen and oxygen atoms in total. The molecule has 2 aromatic rings. The first-order valence-electron chi connectivity index (χ1n) is 8.11. The van der Waals surface area contributed by atoms with Crippen LogP contribution >= 0.6 is 0 Å². The van der Waals surface area contributed by atoms with Gasteiger partial charge in [-0.1, -0.05) is 6.07 Å². The van der Waals surface area contributed by atoms with Crippen LogP contribution in [0.5, 0.6) is 0 Å². The van der Waals surface area contributed by atoms with Gasteiger partial charge in [0.15, 0.2) is 5.82 Å². The molecular formula is C18H18F3N3O3. The monoisotopic (exact) mass is 381 g/mol. The molecular weight excluding hydrogens is 363 g/mol. The first-order chi connectivity index (χ1) is 12.6. The van der Waals surface area contributed by atoms with E-state index in [4.69, 9.17) is 5.11 Å². The first kappa shape index (κ1) is 20.3. The maximum atomic E-state index is 13.1. The molecule has 1 heterocycles. The number of carboxylic acid groups (broad SMARTS) is 1. The van der Waals surface area contributed by atoms with Crippen molar-refractivity contribution < 1.29 is 27.9 Å². The highest BCUT2D eigenvalue weighted by Gasteiger charge is 2.31. The fraction of sp³-hybridized carbons (Fsp3) is 0.333. The van der Waals surface area contributed by atoms with Crippen LogP contribution in [-0.4, -0.2) is 38.4 Å². The lowest BCUT2D eigenvalue weighted by Crippen LogP contribution is -2.28. The van der Waals surface area contributed by atoms with E-state index in [0.717, 1.165) is 12.1 Å². The van der Waals surface area contributed by atoms with Gasteiger partial charge in [0.1, 0.15) is 0 Å². The van der Waals surface area contributed by atoms with Crippen LogP contribution in [0.25, 0.3) is 11.4 Å². The van der Waals surface area contributed by atoms with Gasteiger partial charge in [0.2, 0.25) is 5.91 Å². The highest BCUT2D eigenvalue weighted by atomic mass is 19.4. The Labute approximate surface area is 153 Å². The molecule has 0 unspecified atom stereocenters. The van der Waals surface area contributed by atoms with Gasteiger partial charge in [-0.25, -0.2) is 9.97 Å². The van der Waals surface area contributed by atoms with E-state index in [0.29, 0.717) is 12.1 Å². The van der Waals surface area contributed by atoms with E-state index < -0.39 is 17.7 Å². The second-order valence-corrected chi connectivity index (χ2v) is 5.84. The number of carbonyl (C=O) groups excluding carboxylic acids is 1. The zero-order valence-corrected chi connectivity index (χ0v) is 14.7. The number of alkyl halides is 3. The Bertz CT molecular complexity index is 853. The molecule has 0 spiro atoms. The molecule has 27 heavy (non-hydrogen) atoms. The zero-order valence-electron chi connectivity index (χ0n) is 14.7. The number of halogens is 3. The summed E-state index contributed by atoms with van der Waals surface area (Å²) in [5.74, 6) is -1.25. The number of aromatic nitrogens is 2. The third-order valence-electron chi connectivity index (χ3n) is 3.91. The first-order valence-corrected chi connectivity index (χ1v) is 8.11. The molecule has 9 heteroatoms. The quantitative estimate of drug-likeness (QED) is 0.831. The number of rotatable bonds is 6. The van der Waals surface area contributed by atoms with Gasteiger partial charge in [-0.3, -0.25) is 9.59 Å². The van der Waals surface area contributed by atoms with Crippen LogP contribution in [-0.2, 0) is 28.7 Å². The molecule has 1 N–H and O–H groups in total. The lowest BCUT2D eigenvalue weighted by molar-refractivity contribution is -0.138. The smallest absolute Gasteiger partial charge is 0.416 e. The molecule has 2 rings (SSSR count). The molecule has 1 amide bonds. The Balaban J connectivity index is 2.54. The normalized spacial score (nSPS) is 11.3. The van der Waals surface area contributed by atoms with Crippen molar-refractivity contribution in [2.24, 2.45) is 0 Å². The number of hydrogen-bond donors (Lipinski definition) is 1. The predicted molar refractivity (Wildman–Crippen MR) is 90.6 cm³/mol. The molecule has 0 bridgehead atoms. The van der Waals surface area contributed by atoms with Crippen molar-refractivity contribution in [1.82, 2.24) is 14.9 Å². The fourth-order valence-electron chi connectivity index (χ4n) is 2.55. The summed E-state index contributed by atoms with van der Waals surface area (Å²) >= 11 is 0. The standard InChI is InChI=1S/C18H18F3N3O3/c1-3-24(11(2)25)10-12-8-13(18(19,20)21)4-5-15(12)17-22-7-6-14(23-17)9-16(26)27/h4-8H,3,9-10H2,1-2H3,(H,26,27). The van der Waals surface area contributed by atoms with Crippen molar-refractivity contribution in [3.63, 3.8) is 0 Å². The number of amides is 1. The molecule has 0 aliphatic carbocycles. The van der Waals surface area contributed by atoms with E-state index in [1.165, 1.54) is 30.2 Å². The van der Waals surface area contributed by atoms with Gasteiger partial charge in [-0.15, -0.1) is 0 Å². The van der Waals surface area contributed by atoms with E-state index >= 15 is 0 Å². The highest BCUT2D eigenvalue weighted by Crippen LogP contribution is 2.33. The molecule has 0 radical (unpaired) electrons. The number of aliphatic carboxylic acids is 1. The van der Waals surface area contributed by atoms with Gasteiger partial charge >= 0.3 is 12.1 Å². The lowest BCUT2D eigenvalue weighted by atomic mass is 10.0. The summed E-state index contributed by atoms with van der Waals surface area (Å²) in [5, 5.41) is 8.89. The number of carbonyl (C=O) groups is 2. The Morgan fingerprint density at radius 2 is 1.93 bits per heavy atom. The minimum absolute atomic E-state index is 0.0440. The highest BCUT2D eigenvalue weighted by molar-refractivity contribution is 5.74. The molecule has 0 fully saturated rings. The SMILES string of the molecule is CCN(Cc1cc(C(F)(F)F)ccc1-c1nccc(CC(=O)O)n1)C(C)=O. The van der Waals surface area contributed by atoms with Crippen LogP contribution in [0.15, 0.2) is 30.5 Å². The third-order valence-corrected chi connectivity index (χ3v) is 3.91. The van der Waals surface area contributed by atoms with Gasteiger partial charge in [-0.05, 0) is 30.7 Å². The van der Waals surface area contributed by atoms with E-state index in [1.54, 1.807) is 6.92 Å². The van der Waals surface area contributed by atoms with E-state index in [2.05, 4.69) is 9.97 Å². The van der Waals surface area contributed by atoms with Crippen molar-refractivity contribution in [2.75, 3.05) is 6.54 Å². The summed E-state index contributed by atoms with van der Waals surface area (Å²) < 4.78 is 39.3. The van der Waals surface area contributed by atoms with Crippen LogP contribution < -0.4 is 0 Å². The molecule has 1 aromatic heterocycles. The maximum absolute atomic E-state index is 13.1. The average molecular weight is 381 g/mol. The Hall–Kier alpha value is -2.97. The van der Waals surface area contributed by atoms with Gasteiger partial charge in [0.05, 0.1) is 17.7 Å². The molecule has 0 atom stereocenters. The summed E-state index contributed by atoms with van der Waals surface area (Å²) in [7, 11) is 0. The van der Waals surface area contributed by atoms with Gasteiger partial charge in [-0.2, -0.15) is 13.2 Å². The molecule has 0 aliphatic rings. The van der Waals surface area contributed by atoms with E-state index in [1.807, 2.05) is 0 Å². The number of carboxylic acids is 1. The second-order valence-electron chi connectivity index (χ2n) is 5.84. The summed E-state index contributed by atoms with van der Waals surface area (Å²) in [6.07, 6.45) is -3.52. The molecule has 1 aromatic carbocycles. The molecule has 0 saturated carbocycles. The molecule has 0 aliphatic heterocycles. The van der Waals surface area contributed by atoms with Crippen molar-refractivity contribution >= 4 is 11.9 Å². The summed E-state index contributed by atoms with van der Waals surface area (Å²) in [6.45, 7) is 3.34. The zero-order chi connectivity index (χ0) is 20.2. The fourth-order valence-corrected chi connectivity index (χ4v) is 2.55. The maximum Gasteiger partial charge on any atom is 0.416 e. The largest absolute Gasteiger partial charge is 0.481 e. The molecule has 144 valence electrons. The van der Waals surface area contributed by atoms with E-state index in [9.17, 15) is 22.8 Å². The topological polar surface area (TPSA) is 83.4 Å². The Morgan fingerprint density at radius 1 is 1.22 bits per heavy atom. The second kappa shape index (κ2) is 8.15. The van der Waals surface area contributed by atoms with Crippen LogP contribution in [0, 0.1) is 0 Å². The third kappa shape index (κ3) is 5.25. The van der Waals surface area contributed by atoms with Crippen LogP contribution in [0.1, 0.15) is 30.7 Å². The minimum Gasteiger partial charge on any atom is -0.481 e. The Kier molecular flexibility index (Phi) is 6.14. The summed E-state index contributed by atoms with van der Waals surface area (Å²) in [4.78, 5) is 32.1. The van der Waals surface area contributed by atoms with Crippen molar-refractivity contribution in [3.05, 3.63) is 47.3 Å². The van der Waals surface area contributed by atoms with E-state index in [-0.39, 0.29) is 36.0 Å². The summed E-state index contributed by atoms with van der Waals surface area (Å²) in [6, 6.07) is 4.55. The van der Waals surface area contributed by atoms with Crippen LogP contribution in [0.2, 0.25) is 0 Å². The summed E-state index contributed by atoms with van der Waals surface area (Å²) in [5.41, 5.74) is -0.0657. The number of benzene rings is 1. The lowest BCUT2D eigenvalue weighted by Gasteiger charge is -2.21. The Morgan fingerprint density at radius 3 is 2.48 bits per heavy atom. The van der Waals surface area contributed by atoms with Crippen molar-refractivity contribution in [2.45, 2.75) is 33.0 Å². The van der Waals surface area contributed by atoms with Gasteiger partial charge < -0.3 is 10.0 Å². The molecule has 0 saturated heterocycles.